The molecule has 0 amide bonds. The highest BCUT2D eigenvalue weighted by Crippen LogP contribution is 2.23. The fraction of sp³-hybridized carbons (Fsp3) is 0.389. The molecule has 3 rings (SSSR count). The van der Waals surface area contributed by atoms with Crippen molar-refractivity contribution in [3.8, 4) is 0 Å². The number of rotatable bonds is 4. The molecule has 0 bridgehead atoms. The van der Waals surface area contributed by atoms with E-state index in [0.29, 0.717) is 0 Å². The van der Waals surface area contributed by atoms with Crippen molar-refractivity contribution in [2.45, 2.75) is 11.8 Å². The molecule has 1 saturated heterocycles. The fourth-order valence-electron chi connectivity index (χ4n) is 3.24. The summed E-state index contributed by atoms with van der Waals surface area (Å²) in [5, 5.41) is 0. The molecule has 0 unspecified atom stereocenters. The van der Waals surface area contributed by atoms with E-state index in [2.05, 4.69) is 0 Å². The number of benzene rings is 1. The lowest BCUT2D eigenvalue weighted by Gasteiger charge is -2.35. The predicted octanol–water partition coefficient (Wildman–Crippen LogP) is -0.0634. The zero-order chi connectivity index (χ0) is 21.5. The van der Waals surface area contributed by atoms with Crippen LogP contribution < -0.4 is 16.1 Å². The van der Waals surface area contributed by atoms with Crippen molar-refractivity contribution in [1.29, 1.82) is 0 Å². The molecule has 1 aliphatic heterocycles. The van der Waals surface area contributed by atoms with Crippen LogP contribution in [0.3, 0.4) is 0 Å². The number of anilines is 1. The third kappa shape index (κ3) is 3.75. The zero-order valence-corrected chi connectivity index (χ0v) is 17.1. The molecule has 1 fully saturated rings. The molecule has 0 spiro atoms. The van der Waals surface area contributed by atoms with Crippen LogP contribution in [0.1, 0.15) is 17.3 Å². The molecule has 9 nitrogen and oxygen atoms in total. The van der Waals surface area contributed by atoms with Gasteiger partial charge in [0.1, 0.15) is 5.82 Å². The van der Waals surface area contributed by atoms with Crippen molar-refractivity contribution in [3.05, 3.63) is 56.6 Å². The van der Waals surface area contributed by atoms with Crippen molar-refractivity contribution < 1.29 is 17.6 Å². The monoisotopic (exact) mass is 424 g/mol. The summed E-state index contributed by atoms with van der Waals surface area (Å²) in [6.45, 7) is 1.86. The third-order valence-corrected chi connectivity index (χ3v) is 6.85. The van der Waals surface area contributed by atoms with E-state index < -0.39 is 32.0 Å². The smallest absolute Gasteiger partial charge is 0.330 e. The van der Waals surface area contributed by atoms with Crippen molar-refractivity contribution in [2.24, 2.45) is 14.1 Å². The molecule has 11 heteroatoms. The van der Waals surface area contributed by atoms with Crippen LogP contribution in [-0.2, 0) is 24.1 Å². The summed E-state index contributed by atoms with van der Waals surface area (Å²) in [7, 11) is -1.53. The lowest BCUT2D eigenvalue weighted by atomic mass is 10.1. The van der Waals surface area contributed by atoms with Gasteiger partial charge in [0.15, 0.2) is 10.7 Å². The summed E-state index contributed by atoms with van der Waals surface area (Å²) in [6, 6.07) is 4.19. The van der Waals surface area contributed by atoms with Gasteiger partial charge in [-0.25, -0.2) is 17.6 Å². The Hall–Kier alpha value is -2.79. The summed E-state index contributed by atoms with van der Waals surface area (Å²) in [6.07, 6.45) is 1.02. The standard InChI is InChI=1S/C18H21FN4O5S/c1-12(24)13-4-5-15(14(19)10-13)22-6-8-23(9-7-22)29(27,28)16-11-20(2)18(26)21(3)17(16)25/h4-5,10-11H,6-9H2,1-3H3. The number of halogens is 1. The molecular formula is C18H21FN4O5S. The second-order valence-corrected chi connectivity index (χ2v) is 8.77. The Bertz CT molecular complexity index is 1190. The Balaban J connectivity index is 1.83. The lowest BCUT2D eigenvalue weighted by molar-refractivity contribution is 0.101. The largest absolute Gasteiger partial charge is 0.367 e. The molecule has 1 aromatic heterocycles. The van der Waals surface area contributed by atoms with Crippen LogP contribution in [0.2, 0.25) is 0 Å². The van der Waals surface area contributed by atoms with Gasteiger partial charge in [-0.1, -0.05) is 0 Å². The number of hydrogen-bond donors (Lipinski definition) is 0. The number of piperazine rings is 1. The summed E-state index contributed by atoms with van der Waals surface area (Å²) >= 11 is 0. The van der Waals surface area contributed by atoms with Crippen LogP contribution in [0.25, 0.3) is 0 Å². The molecule has 2 aromatic rings. The molecular weight excluding hydrogens is 403 g/mol. The summed E-state index contributed by atoms with van der Waals surface area (Å²) in [5.74, 6) is -0.800. The molecule has 1 aliphatic rings. The van der Waals surface area contributed by atoms with E-state index in [-0.39, 0.29) is 43.2 Å². The minimum atomic E-state index is -4.11. The average molecular weight is 424 g/mol. The molecule has 156 valence electrons. The number of carbonyl (C=O) groups is 1. The number of aromatic nitrogens is 2. The van der Waals surface area contributed by atoms with E-state index in [1.165, 1.54) is 33.2 Å². The van der Waals surface area contributed by atoms with Crippen LogP contribution in [0, 0.1) is 5.82 Å². The Labute approximate surface area is 166 Å². The van der Waals surface area contributed by atoms with Crippen molar-refractivity contribution in [2.75, 3.05) is 31.1 Å². The van der Waals surface area contributed by atoms with Gasteiger partial charge in [-0.2, -0.15) is 4.31 Å². The van der Waals surface area contributed by atoms with Gasteiger partial charge in [-0.05, 0) is 25.1 Å². The normalized spacial score (nSPS) is 15.5. The highest BCUT2D eigenvalue weighted by molar-refractivity contribution is 7.89. The van der Waals surface area contributed by atoms with E-state index in [1.54, 1.807) is 4.90 Å². The van der Waals surface area contributed by atoms with Crippen molar-refractivity contribution >= 4 is 21.5 Å². The molecule has 0 radical (unpaired) electrons. The minimum absolute atomic E-state index is 0.0439. The van der Waals surface area contributed by atoms with Gasteiger partial charge in [-0.3, -0.25) is 14.2 Å². The van der Waals surface area contributed by atoms with E-state index in [9.17, 15) is 27.2 Å². The maximum atomic E-state index is 14.4. The van der Waals surface area contributed by atoms with E-state index in [4.69, 9.17) is 0 Å². The lowest BCUT2D eigenvalue weighted by Crippen LogP contribution is -2.50. The molecule has 29 heavy (non-hydrogen) atoms. The first-order chi connectivity index (χ1) is 13.5. The molecule has 2 heterocycles. The first-order valence-electron chi connectivity index (χ1n) is 8.86. The van der Waals surface area contributed by atoms with Gasteiger partial charge in [-0.15, -0.1) is 0 Å². The maximum absolute atomic E-state index is 14.4. The minimum Gasteiger partial charge on any atom is -0.367 e. The van der Waals surface area contributed by atoms with Crippen LogP contribution in [-0.4, -0.2) is 53.8 Å². The van der Waals surface area contributed by atoms with Gasteiger partial charge in [0.2, 0.25) is 10.0 Å². The summed E-state index contributed by atoms with van der Waals surface area (Å²) < 4.78 is 43.1. The fourth-order valence-corrected chi connectivity index (χ4v) is 4.81. The average Bonchev–Trinajstić information content (AvgIpc) is 2.69. The van der Waals surface area contributed by atoms with E-state index in [1.807, 2.05) is 0 Å². The number of hydrogen-bond acceptors (Lipinski definition) is 6. The van der Waals surface area contributed by atoms with Gasteiger partial charge < -0.3 is 9.47 Å². The topological polar surface area (TPSA) is 102 Å². The molecule has 0 saturated carbocycles. The number of aryl methyl sites for hydroxylation is 1. The van der Waals surface area contributed by atoms with Gasteiger partial charge in [0, 0.05) is 52.0 Å². The first kappa shape index (κ1) is 20.9. The predicted molar refractivity (Wildman–Crippen MR) is 104 cm³/mol. The Morgan fingerprint density at radius 2 is 1.69 bits per heavy atom. The molecule has 1 aromatic carbocycles. The van der Waals surface area contributed by atoms with Crippen LogP contribution >= 0.6 is 0 Å². The molecule has 0 N–H and O–H groups in total. The van der Waals surface area contributed by atoms with E-state index >= 15 is 0 Å². The number of sulfonamides is 1. The van der Waals surface area contributed by atoms with Crippen LogP contribution in [0.15, 0.2) is 38.9 Å². The molecule has 0 atom stereocenters. The maximum Gasteiger partial charge on any atom is 0.330 e. The summed E-state index contributed by atoms with van der Waals surface area (Å²) in [4.78, 5) is 36.7. The Morgan fingerprint density at radius 1 is 1.07 bits per heavy atom. The number of Topliss-reactive ketones (excluding diaryl/α,β-unsaturated/α-hetero) is 1. The zero-order valence-electron chi connectivity index (χ0n) is 16.3. The highest BCUT2D eigenvalue weighted by atomic mass is 32.2. The number of nitrogens with zero attached hydrogens (tertiary/aromatic N) is 4. The quantitative estimate of drug-likeness (QED) is 0.637. The SMILES string of the molecule is CC(=O)c1ccc(N2CCN(S(=O)(=O)c3cn(C)c(=O)n(C)c3=O)CC2)c(F)c1. The second-order valence-electron chi connectivity index (χ2n) is 6.86. The summed E-state index contributed by atoms with van der Waals surface area (Å²) in [5.41, 5.74) is -0.965. The van der Waals surface area contributed by atoms with E-state index in [0.717, 1.165) is 25.7 Å². The van der Waals surface area contributed by atoms with Gasteiger partial charge in [0.25, 0.3) is 5.56 Å². The number of carbonyl (C=O) groups excluding carboxylic acids is 1. The Kier molecular flexibility index (Phi) is 5.46. The van der Waals surface area contributed by atoms with Gasteiger partial charge in [0.05, 0.1) is 5.69 Å². The second kappa shape index (κ2) is 7.56. The molecule has 0 aliphatic carbocycles. The van der Waals surface area contributed by atoms with Crippen molar-refractivity contribution in [3.63, 3.8) is 0 Å². The van der Waals surface area contributed by atoms with Crippen LogP contribution in [0.4, 0.5) is 10.1 Å². The van der Waals surface area contributed by atoms with Crippen molar-refractivity contribution in [1.82, 2.24) is 13.4 Å². The Morgan fingerprint density at radius 3 is 2.24 bits per heavy atom. The third-order valence-electron chi connectivity index (χ3n) is 4.97. The van der Waals surface area contributed by atoms with Crippen LogP contribution in [0.5, 0.6) is 0 Å². The van der Waals surface area contributed by atoms with Gasteiger partial charge >= 0.3 is 5.69 Å². The highest BCUT2D eigenvalue weighted by Gasteiger charge is 2.32. The number of ketones is 1. The first-order valence-corrected chi connectivity index (χ1v) is 10.3.